The Morgan fingerprint density at radius 1 is 1.25 bits per heavy atom. The quantitative estimate of drug-likeness (QED) is 0.908. The minimum Gasteiger partial charge on any atom is -0.309 e. The number of hydrogen-bond acceptors (Lipinski definition) is 5. The lowest BCUT2D eigenvalue weighted by atomic mass is 10.2. The first-order valence-electron chi connectivity index (χ1n) is 6.94. The lowest BCUT2D eigenvalue weighted by molar-refractivity contribution is 0.145. The number of hydrogen-bond donors (Lipinski definition) is 1. The minimum absolute atomic E-state index is 0.000905. The Balaban J connectivity index is 1.88. The van der Waals surface area contributed by atoms with Crippen LogP contribution in [0.5, 0.6) is 0 Å². The van der Waals surface area contributed by atoms with Gasteiger partial charge in [0.1, 0.15) is 10.7 Å². The van der Waals surface area contributed by atoms with Crippen LogP contribution in [0.2, 0.25) is 0 Å². The highest BCUT2D eigenvalue weighted by Crippen LogP contribution is 2.25. The number of H-pyrrole nitrogens is 1. The molecule has 20 heavy (non-hydrogen) atoms. The molecular formula is C14H20N4OS. The fourth-order valence-electron chi connectivity index (χ4n) is 2.59. The van der Waals surface area contributed by atoms with Crippen LogP contribution in [0.15, 0.2) is 4.79 Å². The average Bonchev–Trinajstić information content (AvgIpc) is 2.68. The van der Waals surface area contributed by atoms with Gasteiger partial charge in [-0.15, -0.1) is 11.3 Å². The lowest BCUT2D eigenvalue weighted by Crippen LogP contribution is -2.44. The molecule has 1 aliphatic heterocycles. The van der Waals surface area contributed by atoms with Crippen molar-refractivity contribution in [1.29, 1.82) is 0 Å². The summed E-state index contributed by atoms with van der Waals surface area (Å²) >= 11 is 1.61. The predicted molar refractivity (Wildman–Crippen MR) is 82.5 cm³/mol. The van der Waals surface area contributed by atoms with E-state index in [-0.39, 0.29) is 5.56 Å². The van der Waals surface area contributed by atoms with Crippen molar-refractivity contribution in [2.24, 2.45) is 0 Å². The highest BCUT2D eigenvalue weighted by molar-refractivity contribution is 7.18. The first-order valence-corrected chi connectivity index (χ1v) is 7.76. The molecule has 0 amide bonds. The standard InChI is InChI=1S/C14H20N4OS/c1-9-10(2)20-14-12(9)13(19)15-11(16-14)8-18-6-4-17(3)5-7-18/h4-8H2,1-3H3,(H,15,16,19). The summed E-state index contributed by atoms with van der Waals surface area (Å²) in [6.45, 7) is 8.97. The molecule has 1 saturated heterocycles. The van der Waals surface area contributed by atoms with Gasteiger partial charge in [0.15, 0.2) is 0 Å². The van der Waals surface area contributed by atoms with E-state index < -0.39 is 0 Å². The van der Waals surface area contributed by atoms with Crippen LogP contribution in [0.25, 0.3) is 10.2 Å². The SMILES string of the molecule is Cc1sc2nc(CN3CCN(C)CC3)[nH]c(=O)c2c1C. The second-order valence-electron chi connectivity index (χ2n) is 5.56. The van der Waals surface area contributed by atoms with Crippen LogP contribution in [0, 0.1) is 13.8 Å². The number of thiophene rings is 1. The van der Waals surface area contributed by atoms with Gasteiger partial charge in [-0.1, -0.05) is 0 Å². The summed E-state index contributed by atoms with van der Waals surface area (Å²) < 4.78 is 0. The molecule has 0 unspecified atom stereocenters. The molecule has 6 heteroatoms. The molecule has 3 rings (SSSR count). The van der Waals surface area contributed by atoms with E-state index in [0.29, 0.717) is 0 Å². The Kier molecular flexibility index (Phi) is 3.62. The minimum atomic E-state index is 0.000905. The molecule has 0 aromatic carbocycles. The van der Waals surface area contributed by atoms with Crippen molar-refractivity contribution in [3.63, 3.8) is 0 Å². The van der Waals surface area contributed by atoms with Gasteiger partial charge in [-0.3, -0.25) is 9.69 Å². The Hall–Kier alpha value is -1.24. The van der Waals surface area contributed by atoms with E-state index in [0.717, 1.165) is 54.3 Å². The second kappa shape index (κ2) is 5.27. The van der Waals surface area contributed by atoms with Crippen molar-refractivity contribution in [3.05, 3.63) is 26.6 Å². The van der Waals surface area contributed by atoms with Crippen molar-refractivity contribution in [2.75, 3.05) is 33.2 Å². The van der Waals surface area contributed by atoms with E-state index in [4.69, 9.17) is 0 Å². The average molecular weight is 292 g/mol. The van der Waals surface area contributed by atoms with Gasteiger partial charge in [0, 0.05) is 31.1 Å². The van der Waals surface area contributed by atoms with E-state index >= 15 is 0 Å². The van der Waals surface area contributed by atoms with Crippen LogP contribution >= 0.6 is 11.3 Å². The fourth-order valence-corrected chi connectivity index (χ4v) is 3.64. The Bertz CT molecular complexity index is 682. The van der Waals surface area contributed by atoms with Gasteiger partial charge in [-0.2, -0.15) is 0 Å². The van der Waals surface area contributed by atoms with Gasteiger partial charge in [0.2, 0.25) is 0 Å². The van der Waals surface area contributed by atoms with Crippen molar-refractivity contribution in [1.82, 2.24) is 19.8 Å². The van der Waals surface area contributed by atoms with Crippen LogP contribution in [0.3, 0.4) is 0 Å². The van der Waals surface area contributed by atoms with Crippen LogP contribution in [0.1, 0.15) is 16.3 Å². The number of nitrogens with one attached hydrogen (secondary N) is 1. The van der Waals surface area contributed by atoms with Crippen molar-refractivity contribution in [2.45, 2.75) is 20.4 Å². The zero-order chi connectivity index (χ0) is 14.3. The third-order valence-electron chi connectivity index (χ3n) is 4.06. The molecule has 0 spiro atoms. The molecule has 108 valence electrons. The van der Waals surface area contributed by atoms with Gasteiger partial charge in [0.05, 0.1) is 11.9 Å². The summed E-state index contributed by atoms with van der Waals surface area (Å²) in [5.41, 5.74) is 1.06. The summed E-state index contributed by atoms with van der Waals surface area (Å²) in [6, 6.07) is 0. The van der Waals surface area contributed by atoms with Gasteiger partial charge in [0.25, 0.3) is 5.56 Å². The number of piperazine rings is 1. The molecule has 2 aromatic rings. The van der Waals surface area contributed by atoms with Gasteiger partial charge in [-0.25, -0.2) is 4.98 Å². The molecule has 0 radical (unpaired) electrons. The molecule has 0 aliphatic carbocycles. The molecule has 1 fully saturated rings. The number of aromatic amines is 1. The number of aromatic nitrogens is 2. The van der Waals surface area contributed by atoms with Gasteiger partial charge >= 0.3 is 0 Å². The number of rotatable bonds is 2. The number of likely N-dealkylation sites (N-methyl/N-ethyl adjacent to an activating group) is 1. The fraction of sp³-hybridized carbons (Fsp3) is 0.571. The number of aryl methyl sites for hydroxylation is 2. The maximum Gasteiger partial charge on any atom is 0.259 e. The summed E-state index contributed by atoms with van der Waals surface area (Å²) in [4.78, 5) is 26.5. The second-order valence-corrected chi connectivity index (χ2v) is 6.76. The highest BCUT2D eigenvalue weighted by Gasteiger charge is 2.16. The van der Waals surface area contributed by atoms with Gasteiger partial charge < -0.3 is 9.88 Å². The zero-order valence-corrected chi connectivity index (χ0v) is 13.0. The lowest BCUT2D eigenvalue weighted by Gasteiger charge is -2.31. The Labute approximate surface area is 122 Å². The third kappa shape index (κ3) is 2.51. The molecular weight excluding hydrogens is 272 g/mol. The zero-order valence-electron chi connectivity index (χ0n) is 12.2. The summed E-state index contributed by atoms with van der Waals surface area (Å²) in [5, 5.41) is 0.759. The molecule has 0 atom stereocenters. The van der Waals surface area contributed by atoms with Crippen molar-refractivity contribution >= 4 is 21.6 Å². The van der Waals surface area contributed by atoms with E-state index in [9.17, 15) is 4.79 Å². The predicted octanol–water partition coefficient (Wildman–Crippen LogP) is 1.35. The van der Waals surface area contributed by atoms with E-state index in [2.05, 4.69) is 26.8 Å². The number of nitrogens with zero attached hydrogens (tertiary/aromatic N) is 3. The van der Waals surface area contributed by atoms with E-state index in [1.54, 1.807) is 11.3 Å². The highest BCUT2D eigenvalue weighted by atomic mass is 32.1. The smallest absolute Gasteiger partial charge is 0.259 e. The Morgan fingerprint density at radius 2 is 1.95 bits per heavy atom. The summed E-state index contributed by atoms with van der Waals surface area (Å²) in [7, 11) is 2.14. The molecule has 2 aromatic heterocycles. The molecule has 0 saturated carbocycles. The molecule has 0 bridgehead atoms. The maximum atomic E-state index is 12.2. The normalized spacial score (nSPS) is 17.9. The van der Waals surface area contributed by atoms with E-state index in [1.807, 2.05) is 13.8 Å². The van der Waals surface area contributed by atoms with Crippen LogP contribution in [0.4, 0.5) is 0 Å². The summed E-state index contributed by atoms with van der Waals surface area (Å²) in [5.74, 6) is 0.785. The first-order chi connectivity index (χ1) is 9.54. The Morgan fingerprint density at radius 3 is 2.65 bits per heavy atom. The molecule has 1 aliphatic rings. The van der Waals surface area contributed by atoms with E-state index in [1.165, 1.54) is 4.88 Å². The van der Waals surface area contributed by atoms with Crippen molar-refractivity contribution < 1.29 is 0 Å². The number of fused-ring (bicyclic) bond motifs is 1. The first kappa shape index (κ1) is 13.7. The van der Waals surface area contributed by atoms with Crippen LogP contribution < -0.4 is 5.56 Å². The largest absolute Gasteiger partial charge is 0.309 e. The third-order valence-corrected chi connectivity index (χ3v) is 5.16. The maximum absolute atomic E-state index is 12.2. The van der Waals surface area contributed by atoms with Crippen molar-refractivity contribution in [3.8, 4) is 0 Å². The van der Waals surface area contributed by atoms with Crippen LogP contribution in [-0.2, 0) is 6.54 Å². The molecule has 5 nitrogen and oxygen atoms in total. The summed E-state index contributed by atoms with van der Waals surface area (Å²) in [6.07, 6.45) is 0. The van der Waals surface area contributed by atoms with Gasteiger partial charge in [-0.05, 0) is 26.5 Å². The topological polar surface area (TPSA) is 52.2 Å². The monoisotopic (exact) mass is 292 g/mol. The van der Waals surface area contributed by atoms with Crippen LogP contribution in [-0.4, -0.2) is 53.0 Å². The molecule has 3 heterocycles. The molecule has 1 N–H and O–H groups in total.